The van der Waals surface area contributed by atoms with Crippen molar-refractivity contribution in [1.82, 2.24) is 9.62 Å². The average Bonchev–Trinajstić information content (AvgIpc) is 2.75. The van der Waals surface area contributed by atoms with Gasteiger partial charge < -0.3 is 10.0 Å². The Bertz CT molecular complexity index is 1080. The number of β-amino-alcohol motifs (C(OH)–C–C–N with tert-alkyl or cyclic N) is 1. The lowest BCUT2D eigenvalue weighted by atomic mass is 10.0. The van der Waals surface area contributed by atoms with Gasteiger partial charge in [0.2, 0.25) is 10.0 Å². The maximum atomic E-state index is 12.5. The van der Waals surface area contributed by atoms with Crippen LogP contribution in [0.5, 0.6) is 0 Å². The van der Waals surface area contributed by atoms with Gasteiger partial charge in [0.25, 0.3) is 0 Å². The smallest absolute Gasteiger partial charge is 0.240 e. The summed E-state index contributed by atoms with van der Waals surface area (Å²) >= 11 is 0. The summed E-state index contributed by atoms with van der Waals surface area (Å²) in [7, 11) is -3.48. The molecule has 1 fully saturated rings. The fourth-order valence-electron chi connectivity index (χ4n) is 4.12. The lowest BCUT2D eigenvalue weighted by Gasteiger charge is -2.33. The highest BCUT2D eigenvalue weighted by molar-refractivity contribution is 7.89. The SMILES string of the molecule is O=S(=O)(NC1CCN(CC(O)Cc2ccc3ccccc3c2)CC1)c1ccccc1. The van der Waals surface area contributed by atoms with Gasteiger partial charge in [-0.1, -0.05) is 60.7 Å². The Labute approximate surface area is 178 Å². The van der Waals surface area contributed by atoms with Gasteiger partial charge in [-0.15, -0.1) is 0 Å². The number of aliphatic hydroxyl groups excluding tert-OH is 1. The zero-order valence-corrected chi connectivity index (χ0v) is 17.8. The largest absolute Gasteiger partial charge is 0.391 e. The average molecular weight is 425 g/mol. The van der Waals surface area contributed by atoms with Crippen LogP contribution in [0.4, 0.5) is 0 Å². The van der Waals surface area contributed by atoms with Crippen LogP contribution in [0.25, 0.3) is 10.8 Å². The molecule has 1 atom stereocenters. The number of rotatable bonds is 7. The summed E-state index contributed by atoms with van der Waals surface area (Å²) in [5.74, 6) is 0. The van der Waals surface area contributed by atoms with Crippen molar-refractivity contribution in [1.29, 1.82) is 0 Å². The Hall–Kier alpha value is -2.25. The van der Waals surface area contributed by atoms with Gasteiger partial charge in [-0.05, 0) is 60.8 Å². The summed E-state index contributed by atoms with van der Waals surface area (Å²) in [6.07, 6.45) is 1.67. The minimum absolute atomic E-state index is 0.0657. The standard InChI is InChI=1S/C24H28N2O3S/c27-23(17-19-10-11-20-6-4-5-7-21(20)16-19)18-26-14-12-22(13-15-26)25-30(28,29)24-8-2-1-3-9-24/h1-11,16,22-23,25,27H,12-15,17-18H2. The first-order chi connectivity index (χ1) is 14.5. The van der Waals surface area contributed by atoms with Crippen molar-refractivity contribution in [2.24, 2.45) is 0 Å². The first kappa shape index (κ1) is 21.0. The molecule has 0 aromatic heterocycles. The van der Waals surface area contributed by atoms with Crippen molar-refractivity contribution in [3.8, 4) is 0 Å². The molecule has 1 aliphatic rings. The molecule has 158 valence electrons. The molecule has 5 nitrogen and oxygen atoms in total. The van der Waals surface area contributed by atoms with Crippen LogP contribution < -0.4 is 4.72 Å². The summed E-state index contributed by atoms with van der Waals surface area (Å²) in [6, 6.07) is 23.0. The quantitative estimate of drug-likeness (QED) is 0.611. The number of sulfonamides is 1. The van der Waals surface area contributed by atoms with E-state index in [4.69, 9.17) is 0 Å². The molecule has 0 bridgehead atoms. The van der Waals surface area contributed by atoms with Gasteiger partial charge >= 0.3 is 0 Å². The number of piperidine rings is 1. The van der Waals surface area contributed by atoms with E-state index in [1.165, 1.54) is 10.8 Å². The molecule has 3 aromatic rings. The van der Waals surface area contributed by atoms with Crippen LogP contribution in [0.1, 0.15) is 18.4 Å². The Morgan fingerprint density at radius 2 is 1.60 bits per heavy atom. The number of fused-ring (bicyclic) bond motifs is 1. The van der Waals surface area contributed by atoms with Crippen LogP contribution in [0.3, 0.4) is 0 Å². The molecule has 3 aromatic carbocycles. The number of likely N-dealkylation sites (tertiary alicyclic amines) is 1. The van der Waals surface area contributed by atoms with Gasteiger partial charge in [-0.25, -0.2) is 13.1 Å². The number of hydrogen-bond donors (Lipinski definition) is 2. The summed E-state index contributed by atoms with van der Waals surface area (Å²) < 4.78 is 27.8. The van der Waals surface area contributed by atoms with Crippen molar-refractivity contribution < 1.29 is 13.5 Å². The van der Waals surface area contributed by atoms with E-state index in [1.807, 2.05) is 12.1 Å². The van der Waals surface area contributed by atoms with Crippen LogP contribution in [0.15, 0.2) is 77.7 Å². The lowest BCUT2D eigenvalue weighted by molar-refractivity contribution is 0.0962. The number of nitrogens with zero attached hydrogens (tertiary/aromatic N) is 1. The first-order valence-corrected chi connectivity index (χ1v) is 11.9. The van der Waals surface area contributed by atoms with E-state index in [9.17, 15) is 13.5 Å². The predicted molar refractivity (Wildman–Crippen MR) is 120 cm³/mol. The summed E-state index contributed by atoms with van der Waals surface area (Å²) in [5, 5.41) is 13.0. The highest BCUT2D eigenvalue weighted by Crippen LogP contribution is 2.18. The second-order valence-electron chi connectivity index (χ2n) is 8.05. The Morgan fingerprint density at radius 1 is 0.933 bits per heavy atom. The third-order valence-corrected chi connectivity index (χ3v) is 7.25. The molecular formula is C24H28N2O3S. The maximum Gasteiger partial charge on any atom is 0.240 e. The zero-order chi connectivity index (χ0) is 21.0. The molecule has 6 heteroatoms. The van der Waals surface area contributed by atoms with E-state index in [0.717, 1.165) is 31.5 Å². The topological polar surface area (TPSA) is 69.6 Å². The van der Waals surface area contributed by atoms with Gasteiger partial charge in [0.05, 0.1) is 11.0 Å². The number of nitrogens with one attached hydrogen (secondary N) is 1. The lowest BCUT2D eigenvalue weighted by Crippen LogP contribution is -2.46. The monoisotopic (exact) mass is 424 g/mol. The fourth-order valence-corrected chi connectivity index (χ4v) is 5.45. The van der Waals surface area contributed by atoms with Crippen LogP contribution in [0.2, 0.25) is 0 Å². The van der Waals surface area contributed by atoms with E-state index >= 15 is 0 Å². The van der Waals surface area contributed by atoms with E-state index in [0.29, 0.717) is 17.9 Å². The molecule has 0 amide bonds. The molecule has 1 heterocycles. The van der Waals surface area contributed by atoms with Gasteiger partial charge in [0.1, 0.15) is 0 Å². The highest BCUT2D eigenvalue weighted by atomic mass is 32.2. The van der Waals surface area contributed by atoms with Gasteiger partial charge in [0.15, 0.2) is 0 Å². The summed E-state index contributed by atoms with van der Waals surface area (Å²) in [4.78, 5) is 2.53. The van der Waals surface area contributed by atoms with Crippen LogP contribution in [0, 0.1) is 0 Å². The zero-order valence-electron chi connectivity index (χ0n) is 16.9. The molecule has 0 spiro atoms. The second kappa shape index (κ2) is 9.27. The first-order valence-electron chi connectivity index (χ1n) is 10.4. The van der Waals surface area contributed by atoms with Crippen molar-refractivity contribution in [3.63, 3.8) is 0 Å². The minimum Gasteiger partial charge on any atom is -0.391 e. The Kier molecular flexibility index (Phi) is 6.49. The third kappa shape index (κ3) is 5.26. The van der Waals surface area contributed by atoms with E-state index in [1.54, 1.807) is 30.3 Å². The molecule has 1 aliphatic heterocycles. The highest BCUT2D eigenvalue weighted by Gasteiger charge is 2.25. The van der Waals surface area contributed by atoms with E-state index in [2.05, 4.69) is 40.0 Å². The molecule has 1 unspecified atom stereocenters. The second-order valence-corrected chi connectivity index (χ2v) is 9.76. The van der Waals surface area contributed by atoms with Crippen molar-refractivity contribution in [2.45, 2.75) is 36.3 Å². The van der Waals surface area contributed by atoms with Gasteiger partial charge in [-0.2, -0.15) is 0 Å². The molecule has 2 N–H and O–H groups in total. The summed E-state index contributed by atoms with van der Waals surface area (Å²) in [6.45, 7) is 2.15. The third-order valence-electron chi connectivity index (χ3n) is 5.72. The summed E-state index contributed by atoms with van der Waals surface area (Å²) in [5.41, 5.74) is 1.13. The van der Waals surface area contributed by atoms with E-state index < -0.39 is 16.1 Å². The van der Waals surface area contributed by atoms with Crippen LogP contribution in [-0.4, -0.2) is 50.2 Å². The van der Waals surface area contributed by atoms with Crippen molar-refractivity contribution in [2.75, 3.05) is 19.6 Å². The predicted octanol–water partition coefficient (Wildman–Crippen LogP) is 3.19. The maximum absolute atomic E-state index is 12.5. The molecule has 0 aliphatic carbocycles. The Balaban J connectivity index is 1.27. The van der Waals surface area contributed by atoms with Gasteiger partial charge in [0, 0.05) is 12.6 Å². The van der Waals surface area contributed by atoms with Crippen molar-refractivity contribution in [3.05, 3.63) is 78.4 Å². The number of hydrogen-bond acceptors (Lipinski definition) is 4. The van der Waals surface area contributed by atoms with E-state index in [-0.39, 0.29) is 6.04 Å². The molecule has 4 rings (SSSR count). The van der Waals surface area contributed by atoms with Gasteiger partial charge in [-0.3, -0.25) is 0 Å². The molecule has 0 saturated carbocycles. The molecule has 30 heavy (non-hydrogen) atoms. The molecule has 1 saturated heterocycles. The normalized spacial score (nSPS) is 17.2. The molecule has 0 radical (unpaired) electrons. The fraction of sp³-hybridized carbons (Fsp3) is 0.333. The van der Waals surface area contributed by atoms with Crippen molar-refractivity contribution >= 4 is 20.8 Å². The minimum atomic E-state index is -3.48. The number of benzene rings is 3. The Morgan fingerprint density at radius 3 is 2.33 bits per heavy atom. The van der Waals surface area contributed by atoms with Crippen LogP contribution in [-0.2, 0) is 16.4 Å². The van der Waals surface area contributed by atoms with Crippen LogP contribution >= 0.6 is 0 Å². The molecular weight excluding hydrogens is 396 g/mol. The number of aliphatic hydroxyl groups is 1.